The Morgan fingerprint density at radius 3 is 2.53 bits per heavy atom. The van der Waals surface area contributed by atoms with Gasteiger partial charge in [0, 0.05) is 0 Å². The molecule has 0 saturated carbocycles. The smallest absolute Gasteiger partial charge is 0.399 e. The number of rotatable bonds is 4. The van der Waals surface area contributed by atoms with Crippen LogP contribution in [0.4, 0.5) is 11.6 Å². The topological polar surface area (TPSA) is 80.7 Å². The first-order valence-electron chi connectivity index (χ1n) is 5.68. The van der Waals surface area contributed by atoms with Crippen LogP contribution in [0.5, 0.6) is 0 Å². The van der Waals surface area contributed by atoms with Gasteiger partial charge in [-0.15, -0.1) is 0 Å². The Bertz CT molecular complexity index is 614. The zero-order chi connectivity index (χ0) is 13.8. The average molecular weight is 259 g/mol. The normalized spacial score (nSPS) is 11.4. The lowest BCUT2D eigenvalue weighted by molar-refractivity contribution is -0.402. The number of hydrogen-bond donors (Lipinski definition) is 1. The minimum atomic E-state index is -0.579. The van der Waals surface area contributed by atoms with Gasteiger partial charge in [0.15, 0.2) is 5.76 Å². The second-order valence-corrected chi connectivity index (χ2v) is 4.07. The maximum absolute atomic E-state index is 10.5. The van der Waals surface area contributed by atoms with E-state index in [-0.39, 0.29) is 5.88 Å². The number of hydrazone groups is 1. The van der Waals surface area contributed by atoms with Crippen LogP contribution in [-0.4, -0.2) is 10.6 Å². The molecule has 1 aromatic heterocycles. The molecular weight excluding hydrogens is 246 g/mol. The van der Waals surface area contributed by atoms with Gasteiger partial charge in [-0.1, -0.05) is 17.7 Å². The van der Waals surface area contributed by atoms with Crippen LogP contribution in [0.25, 0.3) is 0 Å². The summed E-state index contributed by atoms with van der Waals surface area (Å²) in [7, 11) is 0. The minimum absolute atomic E-state index is 0.292. The molecule has 0 amide bonds. The van der Waals surface area contributed by atoms with E-state index in [1.807, 2.05) is 31.2 Å². The summed E-state index contributed by atoms with van der Waals surface area (Å²) >= 11 is 0. The number of nitro groups is 1. The number of benzene rings is 1. The highest BCUT2D eigenvalue weighted by molar-refractivity contribution is 5.96. The average Bonchev–Trinajstić information content (AvgIpc) is 2.87. The molecule has 1 N–H and O–H groups in total. The third-order valence-electron chi connectivity index (χ3n) is 2.53. The van der Waals surface area contributed by atoms with Crippen LogP contribution < -0.4 is 5.43 Å². The first kappa shape index (κ1) is 12.8. The first-order valence-corrected chi connectivity index (χ1v) is 5.68. The predicted molar refractivity (Wildman–Crippen MR) is 72.4 cm³/mol. The molecule has 0 bridgehead atoms. The van der Waals surface area contributed by atoms with E-state index >= 15 is 0 Å². The second-order valence-electron chi connectivity index (χ2n) is 4.07. The summed E-state index contributed by atoms with van der Waals surface area (Å²) in [5, 5.41) is 14.6. The fourth-order valence-corrected chi connectivity index (χ4v) is 1.45. The highest BCUT2D eigenvalue weighted by Crippen LogP contribution is 2.16. The molecule has 0 aliphatic carbocycles. The standard InChI is InChI=1S/C13H13N3O3/c1-9-3-5-11(6-4-9)15-14-10(2)12-7-8-13(19-12)16(17)18/h3-8,15H,1-2H3/b14-10-. The minimum Gasteiger partial charge on any atom is -0.399 e. The molecule has 2 aromatic rings. The van der Waals surface area contributed by atoms with Crippen molar-refractivity contribution in [1.82, 2.24) is 0 Å². The number of aryl methyl sites for hydroxylation is 1. The van der Waals surface area contributed by atoms with Crippen molar-refractivity contribution in [3.8, 4) is 0 Å². The molecule has 6 nitrogen and oxygen atoms in total. The Hall–Kier alpha value is -2.63. The second kappa shape index (κ2) is 5.34. The number of anilines is 1. The monoisotopic (exact) mass is 259 g/mol. The molecular formula is C13H13N3O3. The van der Waals surface area contributed by atoms with Crippen molar-refractivity contribution in [1.29, 1.82) is 0 Å². The first-order chi connectivity index (χ1) is 9.06. The van der Waals surface area contributed by atoms with Crippen LogP contribution >= 0.6 is 0 Å². The molecule has 98 valence electrons. The maximum atomic E-state index is 10.5. The quantitative estimate of drug-likeness (QED) is 0.518. The van der Waals surface area contributed by atoms with Gasteiger partial charge in [-0.05, 0) is 32.0 Å². The van der Waals surface area contributed by atoms with Crippen LogP contribution in [0.1, 0.15) is 18.2 Å². The molecule has 2 rings (SSSR count). The Labute approximate surface area is 109 Å². The van der Waals surface area contributed by atoms with E-state index in [0.717, 1.165) is 11.3 Å². The fraction of sp³-hybridized carbons (Fsp3) is 0.154. The van der Waals surface area contributed by atoms with Gasteiger partial charge >= 0.3 is 5.88 Å². The summed E-state index contributed by atoms with van der Waals surface area (Å²) in [6.45, 7) is 3.71. The van der Waals surface area contributed by atoms with Gasteiger partial charge in [0.2, 0.25) is 0 Å². The van der Waals surface area contributed by atoms with Gasteiger partial charge in [0.1, 0.15) is 10.6 Å². The van der Waals surface area contributed by atoms with Crippen LogP contribution in [0.3, 0.4) is 0 Å². The maximum Gasteiger partial charge on any atom is 0.433 e. The number of nitrogens with one attached hydrogen (secondary N) is 1. The number of furan rings is 1. The molecule has 0 fully saturated rings. The van der Waals surface area contributed by atoms with E-state index in [1.54, 1.807) is 6.92 Å². The van der Waals surface area contributed by atoms with Crippen molar-refractivity contribution < 1.29 is 9.34 Å². The summed E-state index contributed by atoms with van der Waals surface area (Å²) in [5.74, 6) is 0.0752. The van der Waals surface area contributed by atoms with Crippen molar-refractivity contribution in [2.24, 2.45) is 5.10 Å². The van der Waals surface area contributed by atoms with Gasteiger partial charge in [-0.25, -0.2) is 0 Å². The molecule has 0 aliphatic rings. The predicted octanol–water partition coefficient (Wildman–Crippen LogP) is 3.33. The molecule has 1 heterocycles. The van der Waals surface area contributed by atoms with Crippen molar-refractivity contribution in [3.05, 3.63) is 57.8 Å². The van der Waals surface area contributed by atoms with E-state index in [0.29, 0.717) is 11.5 Å². The SMILES string of the molecule is C/C(=N/Nc1ccc(C)cc1)c1ccc([N+](=O)[O-])o1. The number of hydrogen-bond acceptors (Lipinski definition) is 5. The van der Waals surface area contributed by atoms with E-state index in [9.17, 15) is 10.1 Å². The molecule has 19 heavy (non-hydrogen) atoms. The highest BCUT2D eigenvalue weighted by Gasteiger charge is 2.13. The Kier molecular flexibility index (Phi) is 3.61. The molecule has 1 aromatic carbocycles. The van der Waals surface area contributed by atoms with E-state index in [1.165, 1.54) is 12.1 Å². The third kappa shape index (κ3) is 3.19. The molecule has 6 heteroatoms. The zero-order valence-electron chi connectivity index (χ0n) is 10.6. The van der Waals surface area contributed by atoms with Gasteiger partial charge in [-0.3, -0.25) is 15.5 Å². The zero-order valence-corrected chi connectivity index (χ0v) is 10.6. The van der Waals surface area contributed by atoms with Crippen LogP contribution in [0.2, 0.25) is 0 Å². The Balaban J connectivity index is 2.09. The summed E-state index contributed by atoms with van der Waals surface area (Å²) in [6, 6.07) is 10.6. The third-order valence-corrected chi connectivity index (χ3v) is 2.53. The fourth-order valence-electron chi connectivity index (χ4n) is 1.45. The molecule has 0 atom stereocenters. The van der Waals surface area contributed by atoms with Gasteiger partial charge in [0.05, 0.1) is 11.8 Å². The van der Waals surface area contributed by atoms with Crippen LogP contribution in [0, 0.1) is 17.0 Å². The summed E-state index contributed by atoms with van der Waals surface area (Å²) < 4.78 is 5.04. The van der Waals surface area contributed by atoms with Crippen molar-refractivity contribution >= 4 is 17.3 Å². The summed E-state index contributed by atoms with van der Waals surface area (Å²) in [5.41, 5.74) is 5.40. The molecule has 0 unspecified atom stereocenters. The molecule has 0 radical (unpaired) electrons. The number of nitrogens with zero attached hydrogens (tertiary/aromatic N) is 2. The van der Waals surface area contributed by atoms with E-state index < -0.39 is 4.92 Å². The lowest BCUT2D eigenvalue weighted by Gasteiger charge is -2.01. The van der Waals surface area contributed by atoms with E-state index in [4.69, 9.17) is 4.42 Å². The lowest BCUT2D eigenvalue weighted by atomic mass is 10.2. The van der Waals surface area contributed by atoms with Crippen molar-refractivity contribution in [2.45, 2.75) is 13.8 Å². The summed E-state index contributed by atoms with van der Waals surface area (Å²) in [4.78, 5) is 9.93. The molecule has 0 aliphatic heterocycles. The lowest BCUT2D eigenvalue weighted by Crippen LogP contribution is -1.98. The van der Waals surface area contributed by atoms with Gasteiger partial charge < -0.3 is 4.42 Å². The molecule has 0 spiro atoms. The summed E-state index contributed by atoms with van der Waals surface area (Å²) in [6.07, 6.45) is 0. The Morgan fingerprint density at radius 1 is 1.26 bits per heavy atom. The van der Waals surface area contributed by atoms with Crippen LogP contribution in [0.15, 0.2) is 45.9 Å². The Morgan fingerprint density at radius 2 is 1.95 bits per heavy atom. The van der Waals surface area contributed by atoms with Crippen molar-refractivity contribution in [2.75, 3.05) is 5.43 Å². The molecule has 0 saturated heterocycles. The van der Waals surface area contributed by atoms with E-state index in [2.05, 4.69) is 10.5 Å². The van der Waals surface area contributed by atoms with Crippen molar-refractivity contribution in [3.63, 3.8) is 0 Å². The largest absolute Gasteiger partial charge is 0.433 e. The van der Waals surface area contributed by atoms with Gasteiger partial charge in [0.25, 0.3) is 0 Å². The highest BCUT2D eigenvalue weighted by atomic mass is 16.6. The van der Waals surface area contributed by atoms with Gasteiger partial charge in [-0.2, -0.15) is 5.10 Å². The van der Waals surface area contributed by atoms with Crippen LogP contribution in [-0.2, 0) is 0 Å².